The Morgan fingerprint density at radius 3 is 1.57 bits per heavy atom. The first kappa shape index (κ1) is 48.1. The molecule has 0 amide bonds. The van der Waals surface area contributed by atoms with E-state index in [1.54, 1.807) is 13.8 Å². The number of nitrogens with zero attached hydrogens (tertiary/aromatic N) is 2. The Labute approximate surface area is 259 Å². The second kappa shape index (κ2) is 37.4. The van der Waals surface area contributed by atoms with Gasteiger partial charge in [0.2, 0.25) is 0 Å². The second-order valence-electron chi connectivity index (χ2n) is 7.56. The molecule has 238 valence electrons. The summed E-state index contributed by atoms with van der Waals surface area (Å²) < 4.78 is 17.8. The van der Waals surface area contributed by atoms with Crippen molar-refractivity contribution in [2.75, 3.05) is 6.61 Å². The molecule has 0 unspecified atom stereocenters. The number of hydrogen-bond donors (Lipinski definition) is 0. The molecule has 0 saturated heterocycles. The van der Waals surface area contributed by atoms with Crippen LogP contribution >= 0.6 is 0 Å². The van der Waals surface area contributed by atoms with E-state index in [-0.39, 0.29) is 11.6 Å². The van der Waals surface area contributed by atoms with Gasteiger partial charge in [-0.3, -0.25) is 4.79 Å². The standard InChI is InChI=1S/C11H14O.C8H10.C6H7FN2.C4H6O.4C2H6/c1-3-4-9-12-11-7-5-10(2)6-8-11;1-7-4-3-5-8(2)6-7;1-4-6(7)3-8-5(2)9-4;1-3-4(2)5;4*1-2/h3,5-8H,1,4,9H2,2H3;3-6H,1-2H3;3H,1-2H3;3H,1H2,2H3;4*1-2H3. The molecule has 1 aromatic heterocycles. The molecule has 0 atom stereocenters. The van der Waals surface area contributed by atoms with Gasteiger partial charge in [-0.2, -0.15) is 0 Å². The molecule has 0 bridgehead atoms. The molecule has 0 fully saturated rings. The predicted molar refractivity (Wildman–Crippen MR) is 185 cm³/mol. The maximum Gasteiger partial charge on any atom is 0.162 e. The fourth-order valence-electron chi connectivity index (χ4n) is 2.27. The van der Waals surface area contributed by atoms with Gasteiger partial charge in [0.15, 0.2) is 11.6 Å². The molecule has 0 spiro atoms. The Hall–Kier alpha value is -3.60. The first-order chi connectivity index (χ1) is 20.1. The number of aromatic nitrogens is 2. The summed E-state index contributed by atoms with van der Waals surface area (Å²) in [5, 5.41) is 0. The molecule has 0 aliphatic carbocycles. The molecule has 1 heterocycles. The van der Waals surface area contributed by atoms with Gasteiger partial charge in [0, 0.05) is 0 Å². The average molecular weight is 585 g/mol. The number of carbonyl (C=O) groups is 1. The molecular formula is C37H61FN2O2. The van der Waals surface area contributed by atoms with Crippen molar-refractivity contribution in [1.29, 1.82) is 0 Å². The van der Waals surface area contributed by atoms with E-state index < -0.39 is 0 Å². The van der Waals surface area contributed by atoms with Gasteiger partial charge in [0.25, 0.3) is 0 Å². The van der Waals surface area contributed by atoms with Crippen LogP contribution in [0.4, 0.5) is 4.39 Å². The zero-order valence-corrected chi connectivity index (χ0v) is 29.3. The summed E-state index contributed by atoms with van der Waals surface area (Å²) in [7, 11) is 0. The Kier molecular flexibility index (Phi) is 42.9. The van der Waals surface area contributed by atoms with Gasteiger partial charge in [-0.15, -0.1) is 6.58 Å². The fourth-order valence-corrected chi connectivity index (χ4v) is 2.27. The third kappa shape index (κ3) is 34.4. The summed E-state index contributed by atoms with van der Waals surface area (Å²) in [6.45, 7) is 34.6. The first-order valence-electron chi connectivity index (χ1n) is 15.0. The Morgan fingerprint density at radius 1 is 0.810 bits per heavy atom. The molecule has 0 radical (unpaired) electrons. The zero-order valence-electron chi connectivity index (χ0n) is 29.3. The lowest BCUT2D eigenvalue weighted by atomic mass is 10.2. The molecule has 0 N–H and O–H groups in total. The summed E-state index contributed by atoms with van der Waals surface area (Å²) in [5.41, 5.74) is 4.34. The lowest BCUT2D eigenvalue weighted by molar-refractivity contribution is -0.112. The van der Waals surface area contributed by atoms with Gasteiger partial charge >= 0.3 is 0 Å². The molecule has 2 aromatic carbocycles. The molecule has 4 nitrogen and oxygen atoms in total. The Morgan fingerprint density at radius 2 is 1.26 bits per heavy atom. The molecular weight excluding hydrogens is 523 g/mol. The van der Waals surface area contributed by atoms with Crippen LogP contribution in [-0.2, 0) is 4.79 Å². The minimum Gasteiger partial charge on any atom is -0.493 e. The monoisotopic (exact) mass is 584 g/mol. The van der Waals surface area contributed by atoms with E-state index in [0.29, 0.717) is 18.1 Å². The van der Waals surface area contributed by atoms with E-state index >= 15 is 0 Å². The number of allylic oxidation sites excluding steroid dienone is 1. The molecule has 3 aromatic rings. The normalized spacial score (nSPS) is 7.88. The lowest BCUT2D eigenvalue weighted by Crippen LogP contribution is -1.94. The van der Waals surface area contributed by atoms with Crippen LogP contribution in [0.3, 0.4) is 0 Å². The second-order valence-corrected chi connectivity index (χ2v) is 7.56. The van der Waals surface area contributed by atoms with Crippen molar-refractivity contribution < 1.29 is 13.9 Å². The number of carbonyl (C=O) groups excluding carboxylic acids is 1. The topological polar surface area (TPSA) is 52.1 Å². The highest BCUT2D eigenvalue weighted by Crippen LogP contribution is 2.11. The fraction of sp³-hybridized carbons (Fsp3) is 0.432. The molecule has 0 aliphatic heterocycles. The highest BCUT2D eigenvalue weighted by molar-refractivity contribution is 5.86. The van der Waals surface area contributed by atoms with Gasteiger partial charge in [-0.05, 0) is 66.2 Å². The highest BCUT2D eigenvalue weighted by Gasteiger charge is 1.96. The van der Waals surface area contributed by atoms with E-state index in [1.165, 1.54) is 35.9 Å². The number of rotatable bonds is 5. The summed E-state index contributed by atoms with van der Waals surface area (Å²) in [4.78, 5) is 17.1. The summed E-state index contributed by atoms with van der Waals surface area (Å²) in [6.07, 6.45) is 5.21. The molecule has 42 heavy (non-hydrogen) atoms. The number of halogens is 1. The van der Waals surface area contributed by atoms with Gasteiger partial charge in [0.05, 0.1) is 18.5 Å². The van der Waals surface area contributed by atoms with Crippen LogP contribution in [0.15, 0.2) is 80.0 Å². The van der Waals surface area contributed by atoms with E-state index in [9.17, 15) is 9.18 Å². The average Bonchev–Trinajstić information content (AvgIpc) is 3.01. The number of benzene rings is 2. The van der Waals surface area contributed by atoms with Crippen molar-refractivity contribution in [3.05, 3.63) is 114 Å². The van der Waals surface area contributed by atoms with Crippen molar-refractivity contribution in [2.45, 2.75) is 103 Å². The minimum atomic E-state index is -0.347. The van der Waals surface area contributed by atoms with E-state index in [2.05, 4.69) is 68.2 Å². The van der Waals surface area contributed by atoms with Crippen LogP contribution in [0, 0.1) is 40.4 Å². The molecule has 0 aliphatic rings. The summed E-state index contributed by atoms with van der Waals surface area (Å²) in [5.74, 6) is 1.21. The van der Waals surface area contributed by atoms with E-state index in [1.807, 2.05) is 85.7 Å². The molecule has 3 rings (SSSR count). The number of hydrogen-bond acceptors (Lipinski definition) is 4. The van der Waals surface area contributed by atoms with E-state index in [0.717, 1.165) is 12.2 Å². The smallest absolute Gasteiger partial charge is 0.162 e. The number of ether oxygens (including phenoxy) is 1. The third-order valence-corrected chi connectivity index (χ3v) is 4.11. The van der Waals surface area contributed by atoms with Crippen LogP contribution in [-0.4, -0.2) is 22.4 Å². The van der Waals surface area contributed by atoms with Crippen LogP contribution in [0.25, 0.3) is 0 Å². The van der Waals surface area contributed by atoms with Crippen molar-refractivity contribution in [3.8, 4) is 5.75 Å². The Bertz CT molecular complexity index is 999. The van der Waals surface area contributed by atoms with Crippen molar-refractivity contribution in [2.24, 2.45) is 0 Å². The van der Waals surface area contributed by atoms with Crippen LogP contribution in [0.2, 0.25) is 0 Å². The maximum atomic E-state index is 12.4. The molecule has 5 heteroatoms. The summed E-state index contributed by atoms with van der Waals surface area (Å²) in [6, 6.07) is 16.5. The van der Waals surface area contributed by atoms with Crippen LogP contribution < -0.4 is 4.74 Å². The van der Waals surface area contributed by atoms with E-state index in [4.69, 9.17) is 4.74 Å². The quantitative estimate of drug-likeness (QED) is 0.170. The SMILES string of the molecule is C=CC(C)=O.C=CCCOc1ccc(C)cc1.CC.CC.CC.CC.Cc1cccc(C)c1.Cc1ncc(F)c(C)n1. The van der Waals surface area contributed by atoms with Gasteiger partial charge in [-0.25, -0.2) is 14.4 Å². The van der Waals surface area contributed by atoms with Gasteiger partial charge in [0.1, 0.15) is 11.6 Å². The van der Waals surface area contributed by atoms with Gasteiger partial charge < -0.3 is 4.74 Å². The Balaban J connectivity index is -0.000000138. The maximum absolute atomic E-state index is 12.4. The first-order valence-corrected chi connectivity index (χ1v) is 15.0. The number of ketones is 1. The van der Waals surface area contributed by atoms with Crippen molar-refractivity contribution in [3.63, 3.8) is 0 Å². The minimum absolute atomic E-state index is 0.0185. The number of aryl methyl sites for hydroxylation is 5. The summed E-state index contributed by atoms with van der Waals surface area (Å²) >= 11 is 0. The zero-order chi connectivity index (χ0) is 33.9. The third-order valence-electron chi connectivity index (χ3n) is 4.11. The van der Waals surface area contributed by atoms with Crippen molar-refractivity contribution >= 4 is 5.78 Å². The largest absolute Gasteiger partial charge is 0.493 e. The predicted octanol–water partition coefficient (Wildman–Crippen LogP) is 11.4. The molecule has 0 saturated carbocycles. The van der Waals surface area contributed by atoms with Crippen LogP contribution in [0.5, 0.6) is 5.75 Å². The highest BCUT2D eigenvalue weighted by atomic mass is 19.1. The van der Waals surface area contributed by atoms with Crippen molar-refractivity contribution in [1.82, 2.24) is 9.97 Å². The lowest BCUT2D eigenvalue weighted by Gasteiger charge is -2.03. The van der Waals surface area contributed by atoms with Crippen LogP contribution in [0.1, 0.15) is 96.9 Å². The van der Waals surface area contributed by atoms with Gasteiger partial charge in [-0.1, -0.05) is 121 Å².